The van der Waals surface area contributed by atoms with Gasteiger partial charge < -0.3 is 4.90 Å². The largest absolute Gasteiger partial charge is 0.306 e. The molecule has 0 amide bonds. The van der Waals surface area contributed by atoms with Gasteiger partial charge in [0.2, 0.25) is 0 Å². The first kappa shape index (κ1) is 14.9. The zero-order valence-corrected chi connectivity index (χ0v) is 12.6. The predicted molar refractivity (Wildman–Crippen MR) is 74.2 cm³/mol. The Balaban J connectivity index is 3.73. The lowest BCUT2D eigenvalue weighted by molar-refractivity contribution is 0.305. The molecule has 1 nitrogen and oxygen atoms in total. The molecule has 0 aliphatic carbocycles. The predicted octanol–water partition coefficient (Wildman–Crippen LogP) is 2.94. The number of hydrogen-bond acceptors (Lipinski definition) is 1. The molecule has 0 aliphatic heterocycles. The van der Waals surface area contributed by atoms with E-state index in [1.54, 1.807) is 0 Å². The van der Waals surface area contributed by atoms with Crippen LogP contribution in [-0.2, 0) is 0 Å². The fourth-order valence-electron chi connectivity index (χ4n) is 1.63. The molecule has 0 fully saturated rings. The van der Waals surface area contributed by atoms with Gasteiger partial charge in [0.05, 0.1) is 9.52 Å². The van der Waals surface area contributed by atoms with Crippen molar-refractivity contribution < 1.29 is 0 Å². The molecule has 15 heavy (non-hydrogen) atoms. The van der Waals surface area contributed by atoms with Gasteiger partial charge in [0.1, 0.15) is 0 Å². The summed E-state index contributed by atoms with van der Waals surface area (Å²) in [5, 5.41) is 0. The number of unbranched alkanes of at least 4 members (excludes halogenated alkanes) is 2. The van der Waals surface area contributed by atoms with Gasteiger partial charge in [0.25, 0.3) is 0 Å². The smallest absolute Gasteiger partial charge is 0.0611 e. The fourth-order valence-corrected chi connectivity index (χ4v) is 3.15. The second-order valence-electron chi connectivity index (χ2n) is 4.62. The highest BCUT2D eigenvalue weighted by Crippen LogP contribution is 1.98. The zero-order chi connectivity index (χ0) is 11.5. The standard InChI is InChI=1S/C13H29NSi/c1-5-7-9-14(10-8-6-2)12-15-11-13(3)4/h11H,5-10,12,15H2,1-4H3. The number of allylic oxidation sites excluding steroid dienone is 1. The van der Waals surface area contributed by atoms with E-state index in [0.717, 1.165) is 0 Å². The van der Waals surface area contributed by atoms with Gasteiger partial charge in [-0.25, -0.2) is 0 Å². The number of hydrogen-bond donors (Lipinski definition) is 0. The summed E-state index contributed by atoms with van der Waals surface area (Å²) >= 11 is 0. The van der Waals surface area contributed by atoms with Crippen molar-refractivity contribution in [1.29, 1.82) is 0 Å². The molecule has 0 atom stereocenters. The van der Waals surface area contributed by atoms with Gasteiger partial charge in [-0.3, -0.25) is 0 Å². The monoisotopic (exact) mass is 227 g/mol. The van der Waals surface area contributed by atoms with Gasteiger partial charge in [-0.05, 0) is 45.9 Å². The Morgan fingerprint density at radius 1 is 1.07 bits per heavy atom. The Hall–Kier alpha value is -0.0831. The van der Waals surface area contributed by atoms with E-state index < -0.39 is 0 Å². The maximum atomic E-state index is 2.68. The number of rotatable bonds is 9. The zero-order valence-electron chi connectivity index (χ0n) is 11.2. The second kappa shape index (κ2) is 10.4. The summed E-state index contributed by atoms with van der Waals surface area (Å²) in [5.41, 5.74) is 4.00. The molecule has 0 heterocycles. The van der Waals surface area contributed by atoms with Crippen LogP contribution in [0.3, 0.4) is 0 Å². The molecular formula is C13H29NSi. The summed E-state index contributed by atoms with van der Waals surface area (Å²) in [6.45, 7) is 11.6. The van der Waals surface area contributed by atoms with E-state index in [0.29, 0.717) is 0 Å². The molecule has 0 aromatic rings. The highest BCUT2D eigenvalue weighted by molar-refractivity contribution is 6.42. The maximum absolute atomic E-state index is 2.68. The Morgan fingerprint density at radius 2 is 1.60 bits per heavy atom. The molecule has 0 aromatic heterocycles. The van der Waals surface area contributed by atoms with Crippen molar-refractivity contribution in [1.82, 2.24) is 4.90 Å². The molecule has 0 saturated heterocycles. The van der Waals surface area contributed by atoms with Crippen molar-refractivity contribution in [3.05, 3.63) is 11.3 Å². The van der Waals surface area contributed by atoms with E-state index in [4.69, 9.17) is 0 Å². The first-order valence-corrected chi connectivity index (χ1v) is 8.38. The van der Waals surface area contributed by atoms with Crippen molar-refractivity contribution in [2.75, 3.05) is 19.3 Å². The molecule has 0 spiro atoms. The first-order chi connectivity index (χ1) is 7.20. The van der Waals surface area contributed by atoms with Crippen LogP contribution in [-0.4, -0.2) is 33.7 Å². The van der Waals surface area contributed by atoms with Crippen LogP contribution in [0.15, 0.2) is 11.3 Å². The Kier molecular flexibility index (Phi) is 10.4. The van der Waals surface area contributed by atoms with E-state index in [-0.39, 0.29) is 9.52 Å². The minimum absolute atomic E-state index is 0.0244. The molecular weight excluding hydrogens is 198 g/mol. The van der Waals surface area contributed by atoms with E-state index in [1.165, 1.54) is 50.5 Å². The maximum Gasteiger partial charge on any atom is 0.0611 e. The number of nitrogens with zero attached hydrogens (tertiary/aromatic N) is 1. The van der Waals surface area contributed by atoms with Crippen LogP contribution in [0, 0.1) is 0 Å². The lowest BCUT2D eigenvalue weighted by Crippen LogP contribution is -2.30. The van der Waals surface area contributed by atoms with Crippen LogP contribution < -0.4 is 0 Å². The normalized spacial score (nSPS) is 11.5. The quantitative estimate of drug-likeness (QED) is 0.548. The minimum atomic E-state index is 0.0244. The summed E-state index contributed by atoms with van der Waals surface area (Å²) in [6.07, 6.45) is 6.77. The fraction of sp³-hybridized carbons (Fsp3) is 0.846. The van der Waals surface area contributed by atoms with Crippen LogP contribution in [0.1, 0.15) is 53.4 Å². The highest BCUT2D eigenvalue weighted by atomic mass is 28.2. The Labute approximate surface area is 98.8 Å². The third-order valence-corrected chi connectivity index (χ3v) is 4.65. The molecule has 0 N–H and O–H groups in total. The molecule has 0 radical (unpaired) electrons. The molecule has 0 rings (SSSR count). The third-order valence-electron chi connectivity index (χ3n) is 2.65. The minimum Gasteiger partial charge on any atom is -0.306 e. The first-order valence-electron chi connectivity index (χ1n) is 6.56. The van der Waals surface area contributed by atoms with Crippen molar-refractivity contribution in [2.24, 2.45) is 0 Å². The average molecular weight is 227 g/mol. The van der Waals surface area contributed by atoms with Crippen molar-refractivity contribution in [2.45, 2.75) is 53.4 Å². The lowest BCUT2D eigenvalue weighted by Gasteiger charge is -2.21. The summed E-state index contributed by atoms with van der Waals surface area (Å²) in [7, 11) is 0.0244. The average Bonchev–Trinajstić information content (AvgIpc) is 2.20. The molecule has 0 unspecified atom stereocenters. The third kappa shape index (κ3) is 10.2. The van der Waals surface area contributed by atoms with Gasteiger partial charge in [-0.15, -0.1) is 5.70 Å². The van der Waals surface area contributed by atoms with Gasteiger partial charge in [0.15, 0.2) is 0 Å². The molecule has 2 heteroatoms. The molecule has 0 bridgehead atoms. The van der Waals surface area contributed by atoms with Crippen LogP contribution in [0.25, 0.3) is 0 Å². The van der Waals surface area contributed by atoms with E-state index >= 15 is 0 Å². The van der Waals surface area contributed by atoms with E-state index in [1.807, 2.05) is 0 Å². The summed E-state index contributed by atoms with van der Waals surface area (Å²) in [6, 6.07) is 0. The second-order valence-corrected chi connectivity index (χ2v) is 6.05. The van der Waals surface area contributed by atoms with Crippen LogP contribution in [0.4, 0.5) is 0 Å². The van der Waals surface area contributed by atoms with Crippen molar-refractivity contribution in [3.8, 4) is 0 Å². The highest BCUT2D eigenvalue weighted by Gasteiger charge is 2.02. The molecule has 0 aromatic carbocycles. The van der Waals surface area contributed by atoms with Gasteiger partial charge in [-0.1, -0.05) is 32.3 Å². The van der Waals surface area contributed by atoms with Crippen LogP contribution in [0.2, 0.25) is 0 Å². The SMILES string of the molecule is CCCCN(CCCC)C[SiH2]C=C(C)C. The summed E-state index contributed by atoms with van der Waals surface area (Å²) < 4.78 is 0. The summed E-state index contributed by atoms with van der Waals surface area (Å²) in [4.78, 5) is 2.68. The topological polar surface area (TPSA) is 3.24 Å². The van der Waals surface area contributed by atoms with Gasteiger partial charge in [-0.2, -0.15) is 0 Å². The Morgan fingerprint density at radius 3 is 2.00 bits per heavy atom. The van der Waals surface area contributed by atoms with E-state index in [9.17, 15) is 0 Å². The van der Waals surface area contributed by atoms with Gasteiger partial charge in [0, 0.05) is 0 Å². The van der Waals surface area contributed by atoms with Crippen molar-refractivity contribution in [3.63, 3.8) is 0 Å². The molecule has 90 valence electrons. The van der Waals surface area contributed by atoms with Crippen LogP contribution >= 0.6 is 0 Å². The van der Waals surface area contributed by atoms with E-state index in [2.05, 4.69) is 38.3 Å². The van der Waals surface area contributed by atoms with Gasteiger partial charge >= 0.3 is 0 Å². The summed E-state index contributed by atoms with van der Waals surface area (Å²) in [5.74, 6) is 0. The molecule has 0 aliphatic rings. The van der Waals surface area contributed by atoms with Crippen molar-refractivity contribution >= 4 is 9.52 Å². The molecule has 0 saturated carbocycles. The Bertz CT molecular complexity index is 154. The lowest BCUT2D eigenvalue weighted by atomic mass is 10.3. The van der Waals surface area contributed by atoms with Crippen LogP contribution in [0.5, 0.6) is 0 Å².